The van der Waals surface area contributed by atoms with Gasteiger partial charge in [0.25, 0.3) is 0 Å². The number of hydrogen-bond donors (Lipinski definition) is 1. The number of halogens is 3. The lowest BCUT2D eigenvalue weighted by Crippen LogP contribution is -2.35. The molecule has 0 aliphatic heterocycles. The van der Waals surface area contributed by atoms with Gasteiger partial charge in [0.1, 0.15) is 6.42 Å². The third kappa shape index (κ3) is 5.46. The summed E-state index contributed by atoms with van der Waals surface area (Å²) in [6, 6.07) is -0.0563. The average molecular weight is 267 g/mol. The van der Waals surface area contributed by atoms with E-state index in [1.165, 1.54) is 0 Å². The van der Waals surface area contributed by atoms with Gasteiger partial charge in [-0.25, -0.2) is 0 Å². The Bertz CT molecular complexity index is 348. The first kappa shape index (κ1) is 14.9. The molecule has 5 nitrogen and oxygen atoms in total. The van der Waals surface area contributed by atoms with Crippen molar-refractivity contribution in [3.8, 4) is 0 Å². The number of ether oxygens (including phenoxy) is 1. The lowest BCUT2D eigenvalue weighted by molar-refractivity contribution is -0.128. The highest BCUT2D eigenvalue weighted by molar-refractivity contribution is 4.91. The number of nitrogens with one attached hydrogen (secondary N) is 1. The van der Waals surface area contributed by atoms with Gasteiger partial charge in [0.05, 0.1) is 6.61 Å². The second kappa shape index (κ2) is 6.69. The molecule has 0 amide bonds. The van der Waals surface area contributed by atoms with Gasteiger partial charge in [-0.15, -0.1) is 0 Å². The molecule has 1 atom stereocenters. The van der Waals surface area contributed by atoms with Crippen LogP contribution in [0.5, 0.6) is 0 Å². The summed E-state index contributed by atoms with van der Waals surface area (Å²) in [7, 11) is 1.55. The van der Waals surface area contributed by atoms with Gasteiger partial charge >= 0.3 is 6.18 Å². The molecule has 0 saturated heterocycles. The van der Waals surface area contributed by atoms with E-state index in [9.17, 15) is 13.2 Å². The monoisotopic (exact) mass is 267 g/mol. The van der Waals surface area contributed by atoms with Crippen LogP contribution < -0.4 is 5.32 Å². The average Bonchev–Trinajstić information content (AvgIpc) is 2.63. The molecule has 1 aromatic heterocycles. The number of methoxy groups -OCH3 is 1. The van der Waals surface area contributed by atoms with E-state index in [0.717, 1.165) is 6.54 Å². The van der Waals surface area contributed by atoms with Crippen molar-refractivity contribution in [2.45, 2.75) is 32.0 Å². The van der Waals surface area contributed by atoms with Crippen molar-refractivity contribution in [1.29, 1.82) is 0 Å². The minimum atomic E-state index is -4.32. The van der Waals surface area contributed by atoms with Crippen LogP contribution in [-0.2, 0) is 17.6 Å². The quantitative estimate of drug-likeness (QED) is 0.808. The summed E-state index contributed by atoms with van der Waals surface area (Å²) in [6.07, 6.45) is -5.16. The zero-order valence-electron chi connectivity index (χ0n) is 10.3. The Kier molecular flexibility index (Phi) is 5.54. The van der Waals surface area contributed by atoms with E-state index in [-0.39, 0.29) is 17.8 Å². The SMILES string of the molecule is CCNC(COC)Cc1nc(CC(F)(F)F)no1. The molecule has 0 spiro atoms. The van der Waals surface area contributed by atoms with Crippen LogP contribution in [0, 0.1) is 0 Å². The summed E-state index contributed by atoms with van der Waals surface area (Å²) in [5.74, 6) is -0.164. The van der Waals surface area contributed by atoms with Crippen molar-refractivity contribution in [1.82, 2.24) is 15.5 Å². The Morgan fingerprint density at radius 2 is 2.17 bits per heavy atom. The topological polar surface area (TPSA) is 60.2 Å². The maximum Gasteiger partial charge on any atom is 0.396 e. The smallest absolute Gasteiger partial charge is 0.383 e. The third-order valence-corrected chi connectivity index (χ3v) is 2.15. The summed E-state index contributed by atoms with van der Waals surface area (Å²) in [6.45, 7) is 3.06. The molecule has 0 fully saturated rings. The van der Waals surface area contributed by atoms with E-state index in [0.29, 0.717) is 13.0 Å². The van der Waals surface area contributed by atoms with Gasteiger partial charge in [-0.1, -0.05) is 12.1 Å². The maximum atomic E-state index is 12.1. The molecular formula is C10H16F3N3O2. The largest absolute Gasteiger partial charge is 0.396 e. The van der Waals surface area contributed by atoms with Crippen LogP contribution in [0.3, 0.4) is 0 Å². The van der Waals surface area contributed by atoms with E-state index in [1.54, 1.807) is 7.11 Å². The molecule has 18 heavy (non-hydrogen) atoms. The molecule has 1 unspecified atom stereocenters. The number of hydrogen-bond acceptors (Lipinski definition) is 5. The fraction of sp³-hybridized carbons (Fsp3) is 0.800. The Labute approximate surface area is 103 Å². The fourth-order valence-corrected chi connectivity index (χ4v) is 1.51. The van der Waals surface area contributed by atoms with Gasteiger partial charge in [-0.3, -0.25) is 0 Å². The third-order valence-electron chi connectivity index (χ3n) is 2.15. The first-order valence-corrected chi connectivity index (χ1v) is 5.55. The number of alkyl halides is 3. The van der Waals surface area contributed by atoms with Crippen LogP contribution in [-0.4, -0.2) is 42.6 Å². The van der Waals surface area contributed by atoms with Gasteiger partial charge < -0.3 is 14.6 Å². The number of rotatable bonds is 7. The lowest BCUT2D eigenvalue weighted by atomic mass is 10.2. The molecule has 0 bridgehead atoms. The standard InChI is InChI=1S/C10H16F3N3O2/c1-3-14-7(6-17-2)4-9-15-8(16-18-9)5-10(11,12)13/h7,14H,3-6H2,1-2H3. The molecule has 0 aliphatic carbocycles. The van der Waals surface area contributed by atoms with Gasteiger partial charge in [-0.05, 0) is 6.54 Å². The minimum Gasteiger partial charge on any atom is -0.383 e. The van der Waals surface area contributed by atoms with Crippen LogP contribution in [0.2, 0.25) is 0 Å². The van der Waals surface area contributed by atoms with Gasteiger partial charge in [0.15, 0.2) is 5.82 Å². The van der Waals surface area contributed by atoms with Gasteiger partial charge in [-0.2, -0.15) is 18.2 Å². The maximum absolute atomic E-state index is 12.1. The van der Waals surface area contributed by atoms with Crippen LogP contribution in [0.15, 0.2) is 4.52 Å². The molecule has 0 radical (unpaired) electrons. The van der Waals surface area contributed by atoms with Gasteiger partial charge in [0, 0.05) is 19.6 Å². The highest BCUT2D eigenvalue weighted by atomic mass is 19.4. The zero-order chi connectivity index (χ0) is 13.6. The molecule has 1 aromatic rings. The molecule has 1 N–H and O–H groups in total. The lowest BCUT2D eigenvalue weighted by Gasteiger charge is -2.14. The van der Waals surface area contributed by atoms with Crippen molar-refractivity contribution in [2.24, 2.45) is 0 Å². The van der Waals surface area contributed by atoms with E-state index in [2.05, 4.69) is 15.5 Å². The Balaban J connectivity index is 2.56. The number of nitrogens with zero attached hydrogens (tertiary/aromatic N) is 2. The highest BCUT2D eigenvalue weighted by Crippen LogP contribution is 2.19. The van der Waals surface area contributed by atoms with Crippen LogP contribution in [0.25, 0.3) is 0 Å². The first-order valence-electron chi connectivity index (χ1n) is 5.55. The predicted molar refractivity (Wildman–Crippen MR) is 57.1 cm³/mol. The highest BCUT2D eigenvalue weighted by Gasteiger charge is 2.30. The normalized spacial score (nSPS) is 13.8. The van der Waals surface area contributed by atoms with Crippen molar-refractivity contribution in [3.63, 3.8) is 0 Å². The summed E-state index contributed by atoms with van der Waals surface area (Å²) in [5, 5.41) is 6.41. The van der Waals surface area contributed by atoms with Crippen LogP contribution >= 0.6 is 0 Å². The van der Waals surface area contributed by atoms with Crippen LogP contribution in [0.1, 0.15) is 18.6 Å². The van der Waals surface area contributed by atoms with E-state index >= 15 is 0 Å². The van der Waals surface area contributed by atoms with Crippen molar-refractivity contribution >= 4 is 0 Å². The summed E-state index contributed by atoms with van der Waals surface area (Å²) >= 11 is 0. The second-order valence-electron chi connectivity index (χ2n) is 3.81. The molecule has 0 saturated carbocycles. The second-order valence-corrected chi connectivity index (χ2v) is 3.81. The number of aromatic nitrogens is 2. The zero-order valence-corrected chi connectivity index (χ0v) is 10.3. The predicted octanol–water partition coefficient (Wildman–Crippen LogP) is 1.34. The van der Waals surface area contributed by atoms with Crippen molar-refractivity contribution < 1.29 is 22.4 Å². The summed E-state index contributed by atoms with van der Waals surface area (Å²) in [5.41, 5.74) is 0. The molecule has 0 aliphatic rings. The van der Waals surface area contributed by atoms with E-state index in [4.69, 9.17) is 9.26 Å². The molecule has 1 heterocycles. The Hall–Kier alpha value is -1.15. The Morgan fingerprint density at radius 1 is 1.44 bits per heavy atom. The summed E-state index contributed by atoms with van der Waals surface area (Å²) in [4.78, 5) is 3.71. The summed E-state index contributed by atoms with van der Waals surface area (Å²) < 4.78 is 46.1. The molecule has 0 aromatic carbocycles. The van der Waals surface area contributed by atoms with E-state index in [1.807, 2.05) is 6.92 Å². The van der Waals surface area contributed by atoms with Gasteiger partial charge in [0.2, 0.25) is 5.89 Å². The Morgan fingerprint density at radius 3 is 2.72 bits per heavy atom. The van der Waals surface area contributed by atoms with Crippen molar-refractivity contribution in [3.05, 3.63) is 11.7 Å². The molecule has 104 valence electrons. The van der Waals surface area contributed by atoms with E-state index < -0.39 is 12.6 Å². The fourth-order valence-electron chi connectivity index (χ4n) is 1.51. The number of likely N-dealkylation sites (N-methyl/N-ethyl adjacent to an activating group) is 1. The van der Waals surface area contributed by atoms with Crippen molar-refractivity contribution in [2.75, 3.05) is 20.3 Å². The molecular weight excluding hydrogens is 251 g/mol. The first-order chi connectivity index (χ1) is 8.44. The molecule has 8 heteroatoms. The molecule has 1 rings (SSSR count). The minimum absolute atomic E-state index is 0.0563. The van der Waals surface area contributed by atoms with Crippen LogP contribution in [0.4, 0.5) is 13.2 Å².